The van der Waals surface area contributed by atoms with E-state index in [9.17, 15) is 0 Å². The van der Waals surface area contributed by atoms with Gasteiger partial charge in [-0.15, -0.1) is 10.2 Å². The lowest BCUT2D eigenvalue weighted by molar-refractivity contribution is 0.390. The first-order valence-electron chi connectivity index (χ1n) is 5.03. The maximum atomic E-state index is 5.12. The highest BCUT2D eigenvalue weighted by Gasteiger charge is 2.07. The molecule has 0 aliphatic rings. The molecule has 0 radical (unpaired) electrons. The fourth-order valence-electron chi connectivity index (χ4n) is 1.38. The number of rotatable bonds is 2. The number of aryl methyl sites for hydroxylation is 2. The second kappa shape index (κ2) is 4.26. The van der Waals surface area contributed by atoms with Crippen LogP contribution in [-0.4, -0.2) is 22.3 Å². The van der Waals surface area contributed by atoms with E-state index in [2.05, 4.69) is 15.2 Å². The Hall–Kier alpha value is -1.97. The summed E-state index contributed by atoms with van der Waals surface area (Å²) in [6, 6.07) is 7.98. The SMILES string of the molecule is COc1nc(-c2ccc(C)cc2)nnc1C. The van der Waals surface area contributed by atoms with Gasteiger partial charge in [0.2, 0.25) is 5.88 Å². The fourth-order valence-corrected chi connectivity index (χ4v) is 1.38. The second-order valence-corrected chi connectivity index (χ2v) is 3.60. The van der Waals surface area contributed by atoms with Crippen molar-refractivity contribution in [3.8, 4) is 17.3 Å². The number of nitrogens with zero attached hydrogens (tertiary/aromatic N) is 3. The standard InChI is InChI=1S/C12H13N3O/c1-8-4-6-10(7-5-8)11-13-12(16-3)9(2)14-15-11/h4-7H,1-3H3. The molecular formula is C12H13N3O. The van der Waals surface area contributed by atoms with Crippen molar-refractivity contribution in [3.63, 3.8) is 0 Å². The quantitative estimate of drug-likeness (QED) is 0.770. The van der Waals surface area contributed by atoms with E-state index >= 15 is 0 Å². The van der Waals surface area contributed by atoms with Gasteiger partial charge in [0.05, 0.1) is 7.11 Å². The van der Waals surface area contributed by atoms with Crippen LogP contribution in [0.15, 0.2) is 24.3 Å². The van der Waals surface area contributed by atoms with E-state index in [0.29, 0.717) is 17.4 Å². The van der Waals surface area contributed by atoms with E-state index in [-0.39, 0.29) is 0 Å². The van der Waals surface area contributed by atoms with Crippen molar-refractivity contribution >= 4 is 0 Å². The van der Waals surface area contributed by atoms with Crippen molar-refractivity contribution in [2.24, 2.45) is 0 Å². The third-order valence-electron chi connectivity index (χ3n) is 2.31. The second-order valence-electron chi connectivity index (χ2n) is 3.60. The smallest absolute Gasteiger partial charge is 0.239 e. The van der Waals surface area contributed by atoms with E-state index in [4.69, 9.17) is 4.74 Å². The average Bonchev–Trinajstić information content (AvgIpc) is 2.31. The number of hydrogen-bond donors (Lipinski definition) is 0. The van der Waals surface area contributed by atoms with Crippen LogP contribution in [0.5, 0.6) is 5.88 Å². The van der Waals surface area contributed by atoms with Crippen LogP contribution in [0, 0.1) is 13.8 Å². The van der Waals surface area contributed by atoms with Gasteiger partial charge >= 0.3 is 0 Å². The van der Waals surface area contributed by atoms with Crippen molar-refractivity contribution in [1.82, 2.24) is 15.2 Å². The summed E-state index contributed by atoms with van der Waals surface area (Å²) >= 11 is 0. The maximum absolute atomic E-state index is 5.12. The molecule has 16 heavy (non-hydrogen) atoms. The molecule has 0 amide bonds. The molecule has 2 aromatic rings. The molecule has 4 heteroatoms. The van der Waals surface area contributed by atoms with E-state index in [1.54, 1.807) is 7.11 Å². The maximum Gasteiger partial charge on any atom is 0.239 e. The Morgan fingerprint density at radius 2 is 1.69 bits per heavy atom. The summed E-state index contributed by atoms with van der Waals surface area (Å²) < 4.78 is 5.12. The van der Waals surface area contributed by atoms with Crippen molar-refractivity contribution in [3.05, 3.63) is 35.5 Å². The van der Waals surface area contributed by atoms with Crippen LogP contribution < -0.4 is 4.74 Å². The van der Waals surface area contributed by atoms with E-state index in [0.717, 1.165) is 5.56 Å². The average molecular weight is 215 g/mol. The van der Waals surface area contributed by atoms with Crippen molar-refractivity contribution in [1.29, 1.82) is 0 Å². The predicted octanol–water partition coefficient (Wildman–Crippen LogP) is 2.16. The van der Waals surface area contributed by atoms with Crippen molar-refractivity contribution in [2.75, 3.05) is 7.11 Å². The monoisotopic (exact) mass is 215 g/mol. The molecule has 0 saturated heterocycles. The molecule has 0 atom stereocenters. The summed E-state index contributed by atoms with van der Waals surface area (Å²) in [5, 5.41) is 8.06. The molecule has 1 aromatic carbocycles. The predicted molar refractivity (Wildman–Crippen MR) is 61.3 cm³/mol. The fraction of sp³-hybridized carbons (Fsp3) is 0.250. The van der Waals surface area contributed by atoms with Crippen LogP contribution in [0.25, 0.3) is 11.4 Å². The molecule has 2 rings (SSSR count). The topological polar surface area (TPSA) is 47.9 Å². The molecule has 0 unspecified atom stereocenters. The summed E-state index contributed by atoms with van der Waals surface area (Å²) in [5.41, 5.74) is 2.84. The lowest BCUT2D eigenvalue weighted by Crippen LogP contribution is -1.99. The zero-order chi connectivity index (χ0) is 11.5. The summed E-state index contributed by atoms with van der Waals surface area (Å²) in [6.07, 6.45) is 0. The Morgan fingerprint density at radius 3 is 2.31 bits per heavy atom. The molecule has 0 aliphatic carbocycles. The molecule has 0 fully saturated rings. The third kappa shape index (κ3) is 2.00. The van der Waals surface area contributed by atoms with Gasteiger partial charge in [0, 0.05) is 5.56 Å². The Bertz CT molecular complexity index is 494. The molecule has 0 N–H and O–H groups in total. The minimum atomic E-state index is 0.519. The zero-order valence-corrected chi connectivity index (χ0v) is 9.56. The lowest BCUT2D eigenvalue weighted by atomic mass is 10.1. The van der Waals surface area contributed by atoms with Gasteiger partial charge in [0.25, 0.3) is 0 Å². The minimum Gasteiger partial charge on any atom is -0.480 e. The lowest BCUT2D eigenvalue weighted by Gasteiger charge is -2.04. The van der Waals surface area contributed by atoms with E-state index < -0.39 is 0 Å². The first kappa shape index (κ1) is 10.5. The largest absolute Gasteiger partial charge is 0.480 e. The highest BCUT2D eigenvalue weighted by atomic mass is 16.5. The summed E-state index contributed by atoms with van der Waals surface area (Å²) in [7, 11) is 1.58. The first-order valence-corrected chi connectivity index (χ1v) is 5.03. The molecule has 0 spiro atoms. The summed E-state index contributed by atoms with van der Waals surface area (Å²) in [4.78, 5) is 4.29. The molecule has 0 aliphatic heterocycles. The first-order chi connectivity index (χ1) is 7.70. The number of hydrogen-bond acceptors (Lipinski definition) is 4. The molecule has 1 heterocycles. The Labute approximate surface area is 94.3 Å². The number of benzene rings is 1. The highest BCUT2D eigenvalue weighted by Crippen LogP contribution is 2.18. The van der Waals surface area contributed by atoms with Gasteiger partial charge in [-0.1, -0.05) is 29.8 Å². The summed E-state index contributed by atoms with van der Waals surface area (Å²) in [5.74, 6) is 1.10. The molecule has 1 aromatic heterocycles. The van der Waals surface area contributed by atoms with Crippen LogP contribution in [0.2, 0.25) is 0 Å². The number of methoxy groups -OCH3 is 1. The van der Waals surface area contributed by atoms with Gasteiger partial charge in [0.15, 0.2) is 5.82 Å². The number of aromatic nitrogens is 3. The minimum absolute atomic E-state index is 0.519. The van der Waals surface area contributed by atoms with Crippen LogP contribution in [0.3, 0.4) is 0 Å². The third-order valence-corrected chi connectivity index (χ3v) is 2.31. The van der Waals surface area contributed by atoms with Gasteiger partial charge in [-0.05, 0) is 13.8 Å². The van der Waals surface area contributed by atoms with Gasteiger partial charge in [-0.25, -0.2) is 0 Å². The molecular weight excluding hydrogens is 202 g/mol. The summed E-state index contributed by atoms with van der Waals surface area (Å²) in [6.45, 7) is 3.86. The van der Waals surface area contributed by atoms with E-state index in [1.165, 1.54) is 5.56 Å². The molecule has 0 bridgehead atoms. The normalized spacial score (nSPS) is 10.2. The molecule has 4 nitrogen and oxygen atoms in total. The van der Waals surface area contributed by atoms with Gasteiger partial charge in [0.1, 0.15) is 5.69 Å². The highest BCUT2D eigenvalue weighted by molar-refractivity contribution is 5.55. The van der Waals surface area contributed by atoms with Gasteiger partial charge in [-0.2, -0.15) is 4.98 Å². The van der Waals surface area contributed by atoms with Crippen LogP contribution in [-0.2, 0) is 0 Å². The Balaban J connectivity index is 2.44. The molecule has 0 saturated carbocycles. The number of ether oxygens (including phenoxy) is 1. The van der Waals surface area contributed by atoms with Gasteiger partial charge in [-0.3, -0.25) is 0 Å². The van der Waals surface area contributed by atoms with Gasteiger partial charge < -0.3 is 4.74 Å². The van der Waals surface area contributed by atoms with Crippen molar-refractivity contribution < 1.29 is 4.74 Å². The Morgan fingerprint density at radius 1 is 1.00 bits per heavy atom. The van der Waals surface area contributed by atoms with Crippen LogP contribution in [0.1, 0.15) is 11.3 Å². The zero-order valence-electron chi connectivity index (χ0n) is 9.56. The van der Waals surface area contributed by atoms with Crippen LogP contribution >= 0.6 is 0 Å². The van der Waals surface area contributed by atoms with Crippen molar-refractivity contribution in [2.45, 2.75) is 13.8 Å². The Kier molecular flexibility index (Phi) is 2.81. The molecule has 82 valence electrons. The van der Waals surface area contributed by atoms with Crippen LogP contribution in [0.4, 0.5) is 0 Å². The van der Waals surface area contributed by atoms with E-state index in [1.807, 2.05) is 38.1 Å².